The lowest BCUT2D eigenvalue weighted by atomic mass is 9.79. The van der Waals surface area contributed by atoms with Gasteiger partial charge in [-0.05, 0) is 61.6 Å². The van der Waals surface area contributed by atoms with Crippen LogP contribution in [0.5, 0.6) is 5.75 Å². The average molecular weight is 313 g/mol. The van der Waals surface area contributed by atoms with Crippen molar-refractivity contribution in [1.82, 2.24) is 0 Å². The topological polar surface area (TPSA) is 33.0 Å². The van der Waals surface area contributed by atoms with Crippen molar-refractivity contribution in [2.24, 2.45) is 11.8 Å². The summed E-state index contributed by atoms with van der Waals surface area (Å²) in [7, 11) is 0. The van der Waals surface area contributed by atoms with Crippen LogP contribution in [0.25, 0.3) is 0 Å². The van der Waals surface area contributed by atoms with Gasteiger partial charge in [0.05, 0.1) is 12.7 Å². The molecule has 0 bridgehead atoms. The smallest absolute Gasteiger partial charge is 0.119 e. The summed E-state index contributed by atoms with van der Waals surface area (Å²) in [6, 6.07) is 11.1. The zero-order valence-corrected chi connectivity index (χ0v) is 14.8. The number of hydrogen-bond acceptors (Lipinski definition) is 2. The fraction of sp³-hybridized carbons (Fsp3) is 0.667. The van der Waals surface area contributed by atoms with Gasteiger partial charge in [0.25, 0.3) is 0 Å². The van der Waals surface area contributed by atoms with Crippen LogP contribution in [-0.4, -0.2) is 6.61 Å². The minimum Gasteiger partial charge on any atom is -0.493 e. The normalized spacial score (nSPS) is 22.3. The Morgan fingerprint density at radius 3 is 2.39 bits per heavy atom. The molecule has 1 saturated carbocycles. The van der Waals surface area contributed by atoms with E-state index in [2.05, 4.69) is 44.2 Å². The van der Waals surface area contributed by atoms with Gasteiger partial charge in [-0.3, -0.25) is 0 Å². The third-order valence-corrected chi connectivity index (χ3v) is 5.29. The summed E-state index contributed by atoms with van der Waals surface area (Å²) >= 11 is 0. The van der Waals surface area contributed by atoms with Crippen LogP contribution < -0.4 is 4.74 Å². The molecule has 1 aromatic rings. The molecule has 1 aromatic carbocycles. The first-order chi connectivity index (χ1) is 11.3. The molecule has 1 unspecified atom stereocenters. The molecule has 23 heavy (non-hydrogen) atoms. The first-order valence-electron chi connectivity index (χ1n) is 9.39. The molecular weight excluding hydrogens is 282 g/mol. The van der Waals surface area contributed by atoms with Gasteiger partial charge < -0.3 is 4.74 Å². The summed E-state index contributed by atoms with van der Waals surface area (Å²) in [6.45, 7) is 5.34. The van der Waals surface area contributed by atoms with Crippen LogP contribution in [-0.2, 0) is 0 Å². The van der Waals surface area contributed by atoms with E-state index in [0.29, 0.717) is 11.8 Å². The van der Waals surface area contributed by atoms with Crippen molar-refractivity contribution in [2.75, 3.05) is 6.61 Å². The maximum Gasteiger partial charge on any atom is 0.119 e. The molecule has 0 saturated heterocycles. The van der Waals surface area contributed by atoms with Crippen LogP contribution in [0.4, 0.5) is 0 Å². The molecule has 2 heteroatoms. The average Bonchev–Trinajstić information content (AvgIpc) is 2.62. The van der Waals surface area contributed by atoms with Crippen LogP contribution in [0.2, 0.25) is 0 Å². The summed E-state index contributed by atoms with van der Waals surface area (Å²) in [5.74, 6) is 2.58. The van der Waals surface area contributed by atoms with Crippen molar-refractivity contribution in [2.45, 2.75) is 71.1 Å². The van der Waals surface area contributed by atoms with Gasteiger partial charge in [0.2, 0.25) is 0 Å². The predicted octanol–water partition coefficient (Wildman–Crippen LogP) is 6.08. The maximum absolute atomic E-state index is 9.00. The monoisotopic (exact) mass is 313 g/mol. The first kappa shape index (κ1) is 17.9. The highest BCUT2D eigenvalue weighted by molar-refractivity contribution is 5.29. The van der Waals surface area contributed by atoms with Crippen LogP contribution in [0, 0.1) is 23.2 Å². The number of hydrogen-bond donors (Lipinski definition) is 0. The number of benzene rings is 1. The fourth-order valence-corrected chi connectivity index (χ4v) is 3.50. The molecule has 1 atom stereocenters. The van der Waals surface area contributed by atoms with Gasteiger partial charge in [-0.15, -0.1) is 0 Å². The number of nitrogens with zero attached hydrogens (tertiary/aromatic N) is 1. The van der Waals surface area contributed by atoms with Crippen molar-refractivity contribution in [3.63, 3.8) is 0 Å². The number of unbranched alkanes of at least 4 members (excludes halogenated alkanes) is 1. The largest absolute Gasteiger partial charge is 0.493 e. The Morgan fingerprint density at radius 2 is 1.83 bits per heavy atom. The molecule has 1 fully saturated rings. The highest BCUT2D eigenvalue weighted by Gasteiger charge is 2.21. The highest BCUT2D eigenvalue weighted by atomic mass is 16.5. The fourth-order valence-electron chi connectivity index (χ4n) is 3.50. The molecule has 2 rings (SSSR count). The SMILES string of the molecule is CCCCC(CC)COc1ccc(C2CCC(C#N)CC2)cc1. The van der Waals surface area contributed by atoms with E-state index in [1.807, 2.05) is 0 Å². The predicted molar refractivity (Wildman–Crippen MR) is 95.6 cm³/mol. The first-order valence-corrected chi connectivity index (χ1v) is 9.39. The van der Waals surface area contributed by atoms with Crippen molar-refractivity contribution >= 4 is 0 Å². The summed E-state index contributed by atoms with van der Waals surface area (Å²) in [6.07, 6.45) is 9.42. The summed E-state index contributed by atoms with van der Waals surface area (Å²) < 4.78 is 5.99. The minimum absolute atomic E-state index is 0.281. The van der Waals surface area contributed by atoms with E-state index in [1.165, 1.54) is 31.2 Å². The standard InChI is InChI=1S/C21H31NO/c1-3-5-6-17(4-2)16-23-21-13-11-20(12-14-21)19-9-7-18(15-22)8-10-19/h11-14,17-19H,3-10,16H2,1-2H3. The maximum atomic E-state index is 9.00. The lowest BCUT2D eigenvalue weighted by Crippen LogP contribution is -2.12. The Balaban J connectivity index is 1.81. The Kier molecular flexibility index (Phi) is 7.46. The zero-order chi connectivity index (χ0) is 16.5. The lowest BCUT2D eigenvalue weighted by molar-refractivity contribution is 0.233. The number of ether oxygens (including phenoxy) is 1. The summed E-state index contributed by atoms with van der Waals surface area (Å²) in [5, 5.41) is 9.00. The number of nitriles is 1. The van der Waals surface area contributed by atoms with Crippen LogP contribution >= 0.6 is 0 Å². The van der Waals surface area contributed by atoms with E-state index in [9.17, 15) is 0 Å². The minimum atomic E-state index is 0.281. The quantitative estimate of drug-likeness (QED) is 0.582. The van der Waals surface area contributed by atoms with Gasteiger partial charge in [-0.2, -0.15) is 5.26 Å². The van der Waals surface area contributed by atoms with E-state index in [0.717, 1.165) is 38.0 Å². The second-order valence-electron chi connectivity index (χ2n) is 6.97. The van der Waals surface area contributed by atoms with Gasteiger partial charge in [0.1, 0.15) is 5.75 Å². The van der Waals surface area contributed by atoms with Gasteiger partial charge >= 0.3 is 0 Å². The molecule has 0 spiro atoms. The summed E-state index contributed by atoms with van der Waals surface area (Å²) in [4.78, 5) is 0. The van der Waals surface area contributed by atoms with E-state index in [4.69, 9.17) is 10.00 Å². The Labute approximate surface area is 141 Å². The van der Waals surface area contributed by atoms with Gasteiger partial charge in [-0.25, -0.2) is 0 Å². The van der Waals surface area contributed by atoms with Gasteiger partial charge in [0, 0.05) is 5.92 Å². The van der Waals surface area contributed by atoms with Crippen molar-refractivity contribution in [3.8, 4) is 11.8 Å². The van der Waals surface area contributed by atoms with E-state index in [-0.39, 0.29) is 5.92 Å². The van der Waals surface area contributed by atoms with E-state index >= 15 is 0 Å². The molecule has 0 aromatic heterocycles. The second-order valence-corrected chi connectivity index (χ2v) is 6.97. The highest BCUT2D eigenvalue weighted by Crippen LogP contribution is 2.36. The van der Waals surface area contributed by atoms with Crippen LogP contribution in [0.15, 0.2) is 24.3 Å². The van der Waals surface area contributed by atoms with Crippen molar-refractivity contribution in [1.29, 1.82) is 5.26 Å². The molecule has 0 radical (unpaired) electrons. The lowest BCUT2D eigenvalue weighted by Gasteiger charge is -2.25. The molecule has 0 N–H and O–H groups in total. The third-order valence-electron chi connectivity index (χ3n) is 5.29. The Morgan fingerprint density at radius 1 is 1.13 bits per heavy atom. The van der Waals surface area contributed by atoms with E-state index < -0.39 is 0 Å². The molecule has 1 aliphatic rings. The molecule has 0 aliphatic heterocycles. The van der Waals surface area contributed by atoms with Gasteiger partial charge in [0.15, 0.2) is 0 Å². The van der Waals surface area contributed by atoms with Crippen LogP contribution in [0.1, 0.15) is 76.7 Å². The molecule has 0 amide bonds. The molecule has 1 aliphatic carbocycles. The zero-order valence-electron chi connectivity index (χ0n) is 14.8. The third kappa shape index (κ3) is 5.57. The van der Waals surface area contributed by atoms with Gasteiger partial charge in [-0.1, -0.05) is 45.2 Å². The molecule has 0 heterocycles. The van der Waals surface area contributed by atoms with Crippen LogP contribution in [0.3, 0.4) is 0 Å². The van der Waals surface area contributed by atoms with Crippen molar-refractivity contribution < 1.29 is 4.74 Å². The second kappa shape index (κ2) is 9.60. The number of rotatable bonds is 8. The van der Waals surface area contributed by atoms with Crippen molar-refractivity contribution in [3.05, 3.63) is 29.8 Å². The van der Waals surface area contributed by atoms with E-state index in [1.54, 1.807) is 0 Å². The molecular formula is C21H31NO. The molecule has 2 nitrogen and oxygen atoms in total. The Hall–Kier alpha value is -1.49. The Bertz CT molecular complexity index is 480. The molecule has 126 valence electrons. The summed E-state index contributed by atoms with van der Waals surface area (Å²) in [5.41, 5.74) is 1.41.